The first kappa shape index (κ1) is 13.5. The Hall–Kier alpha value is -0.120. The van der Waals surface area contributed by atoms with Gasteiger partial charge in [0.2, 0.25) is 5.79 Å². The second-order valence-electron chi connectivity index (χ2n) is 4.97. The van der Waals surface area contributed by atoms with Crippen LogP contribution in [0.25, 0.3) is 0 Å². The van der Waals surface area contributed by atoms with Crippen molar-refractivity contribution < 1.29 is 19.3 Å². The molecule has 0 aromatic heterocycles. The van der Waals surface area contributed by atoms with E-state index < -0.39 is 5.79 Å². The molecule has 0 aromatic carbocycles. The maximum atomic E-state index is 9.28. The molecule has 0 saturated carbocycles. The number of nitrogens with zero attached hydrogens (tertiary/aromatic N) is 2. The molecule has 110 valence electrons. The number of aliphatic hydroxyl groups is 1. The van der Waals surface area contributed by atoms with Crippen LogP contribution in [0.3, 0.4) is 0 Å². The van der Waals surface area contributed by atoms with E-state index in [1.807, 2.05) is 0 Å². The van der Waals surface area contributed by atoms with Crippen LogP contribution < -0.4 is 0 Å². The maximum Gasteiger partial charge on any atom is 0.248 e. The molecule has 4 heterocycles. The van der Waals surface area contributed by atoms with E-state index >= 15 is 0 Å². The third-order valence-electron chi connectivity index (χ3n) is 3.63. The van der Waals surface area contributed by atoms with E-state index in [2.05, 4.69) is 9.98 Å². The summed E-state index contributed by atoms with van der Waals surface area (Å²) in [5, 5.41) is 11.2. The predicted octanol–water partition coefficient (Wildman–Crippen LogP) is 0.148. The molecule has 1 N–H and O–H groups in total. The van der Waals surface area contributed by atoms with Gasteiger partial charge < -0.3 is 19.3 Å². The Morgan fingerprint density at radius 3 is 2.80 bits per heavy atom. The van der Waals surface area contributed by atoms with Gasteiger partial charge in [0.15, 0.2) is 0 Å². The normalized spacial score (nSPS) is 42.5. The minimum absolute atomic E-state index is 0.0446. The molecule has 2 fully saturated rings. The van der Waals surface area contributed by atoms with Crippen molar-refractivity contribution in [3.63, 3.8) is 0 Å². The first-order valence-corrected chi connectivity index (χ1v) is 8.73. The lowest BCUT2D eigenvalue weighted by Crippen LogP contribution is -2.31. The van der Waals surface area contributed by atoms with Crippen LogP contribution in [0.2, 0.25) is 0 Å². The molecule has 0 amide bonds. The van der Waals surface area contributed by atoms with Gasteiger partial charge in [-0.2, -0.15) is 0 Å². The van der Waals surface area contributed by atoms with Crippen LogP contribution >= 0.6 is 23.5 Å². The van der Waals surface area contributed by atoms with E-state index in [-0.39, 0.29) is 24.9 Å². The Balaban J connectivity index is 1.34. The van der Waals surface area contributed by atoms with Crippen LogP contribution in [0.5, 0.6) is 0 Å². The molecule has 0 aliphatic carbocycles. The highest BCUT2D eigenvalue weighted by atomic mass is 32.2. The lowest BCUT2D eigenvalue weighted by atomic mass is 10.2. The molecule has 4 aliphatic heterocycles. The zero-order valence-corrected chi connectivity index (χ0v) is 12.5. The molecule has 4 unspecified atom stereocenters. The van der Waals surface area contributed by atoms with Crippen molar-refractivity contribution in [2.24, 2.45) is 9.98 Å². The molecule has 2 saturated heterocycles. The van der Waals surface area contributed by atoms with Crippen molar-refractivity contribution in [3.05, 3.63) is 0 Å². The molecule has 4 aliphatic rings. The van der Waals surface area contributed by atoms with Gasteiger partial charge in [0.1, 0.15) is 23.4 Å². The molecule has 20 heavy (non-hydrogen) atoms. The minimum Gasteiger partial charge on any atom is -0.393 e. The topological polar surface area (TPSA) is 79.2 Å². The van der Waals surface area contributed by atoms with E-state index in [0.29, 0.717) is 6.61 Å². The van der Waals surface area contributed by atoms with Gasteiger partial charge in [-0.1, -0.05) is 0 Å². The summed E-state index contributed by atoms with van der Waals surface area (Å²) in [6.07, 6.45) is -0.127. The summed E-state index contributed by atoms with van der Waals surface area (Å²) in [7, 11) is 0. The molecule has 6 nitrogen and oxygen atoms in total. The average molecular weight is 316 g/mol. The molecule has 4 atom stereocenters. The highest BCUT2D eigenvalue weighted by Crippen LogP contribution is 2.45. The van der Waals surface area contributed by atoms with Gasteiger partial charge in [0.25, 0.3) is 0 Å². The summed E-state index contributed by atoms with van der Waals surface area (Å²) in [5.74, 6) is 1.20. The number of thioether (sulfide) groups is 2. The van der Waals surface area contributed by atoms with Crippen molar-refractivity contribution in [3.8, 4) is 0 Å². The highest BCUT2D eigenvalue weighted by Gasteiger charge is 2.63. The van der Waals surface area contributed by atoms with E-state index in [4.69, 9.17) is 14.2 Å². The zero-order valence-electron chi connectivity index (χ0n) is 10.9. The smallest absolute Gasteiger partial charge is 0.248 e. The van der Waals surface area contributed by atoms with Crippen molar-refractivity contribution in [1.29, 1.82) is 0 Å². The van der Waals surface area contributed by atoms with Crippen LogP contribution in [-0.2, 0) is 14.2 Å². The maximum absolute atomic E-state index is 9.28. The third-order valence-corrected chi connectivity index (χ3v) is 5.75. The van der Waals surface area contributed by atoms with Crippen LogP contribution in [0.4, 0.5) is 0 Å². The quantitative estimate of drug-likeness (QED) is 0.703. The van der Waals surface area contributed by atoms with Gasteiger partial charge >= 0.3 is 0 Å². The minimum atomic E-state index is -0.808. The summed E-state index contributed by atoms with van der Waals surface area (Å²) in [6, 6.07) is 0. The number of hydrogen-bond donors (Lipinski definition) is 1. The van der Waals surface area contributed by atoms with Gasteiger partial charge in [-0.25, -0.2) is 0 Å². The third kappa shape index (κ3) is 2.32. The van der Waals surface area contributed by atoms with Gasteiger partial charge in [0, 0.05) is 24.6 Å². The Morgan fingerprint density at radius 2 is 2.15 bits per heavy atom. The Kier molecular flexibility index (Phi) is 3.56. The van der Waals surface area contributed by atoms with Gasteiger partial charge in [-0.15, -0.1) is 23.5 Å². The van der Waals surface area contributed by atoms with E-state index in [0.717, 1.165) is 34.7 Å². The first-order chi connectivity index (χ1) is 9.83. The number of aliphatic imine (C=N–C) groups is 2. The van der Waals surface area contributed by atoms with Crippen molar-refractivity contribution >= 4 is 33.6 Å². The van der Waals surface area contributed by atoms with Gasteiger partial charge in [0.05, 0.1) is 18.3 Å². The molecular formula is C12H16N2O4S2. The van der Waals surface area contributed by atoms with Crippen LogP contribution in [0, 0.1) is 0 Å². The number of rotatable bonds is 6. The van der Waals surface area contributed by atoms with Crippen molar-refractivity contribution in [1.82, 2.24) is 0 Å². The fourth-order valence-corrected chi connectivity index (χ4v) is 4.42. The summed E-state index contributed by atoms with van der Waals surface area (Å²) in [6.45, 7) is 2.10. The van der Waals surface area contributed by atoms with Crippen LogP contribution in [-0.4, -0.2) is 77.1 Å². The molecule has 0 aromatic rings. The predicted molar refractivity (Wildman–Crippen MR) is 78.8 cm³/mol. The monoisotopic (exact) mass is 316 g/mol. The number of epoxide rings is 2. The van der Waals surface area contributed by atoms with E-state index in [1.165, 1.54) is 0 Å². The summed E-state index contributed by atoms with van der Waals surface area (Å²) in [5.41, 5.74) is 0. The highest BCUT2D eigenvalue weighted by molar-refractivity contribution is 8.14. The summed E-state index contributed by atoms with van der Waals surface area (Å²) in [4.78, 5) is 8.83. The Bertz CT molecular complexity index is 472. The van der Waals surface area contributed by atoms with Crippen LogP contribution in [0.15, 0.2) is 9.98 Å². The molecule has 4 rings (SSSR count). The SMILES string of the molecule is OCC1OC1(OCC1OC1C1=NCCS1)C1=NCCS1. The second kappa shape index (κ2) is 5.26. The van der Waals surface area contributed by atoms with E-state index in [9.17, 15) is 5.11 Å². The summed E-state index contributed by atoms with van der Waals surface area (Å²) < 4.78 is 17.1. The summed E-state index contributed by atoms with van der Waals surface area (Å²) >= 11 is 3.42. The first-order valence-electron chi connectivity index (χ1n) is 6.76. The Morgan fingerprint density at radius 1 is 1.30 bits per heavy atom. The van der Waals surface area contributed by atoms with Crippen LogP contribution in [0.1, 0.15) is 0 Å². The Labute approximate surface area is 125 Å². The van der Waals surface area contributed by atoms with Gasteiger partial charge in [-0.3, -0.25) is 9.98 Å². The number of hydrogen-bond acceptors (Lipinski definition) is 8. The second-order valence-corrected chi connectivity index (χ2v) is 7.17. The standard InChI is InChI=1S/C12H16N2O4S2/c15-5-8-12(18-8,11-14-2-4-20-11)16-6-7-9(17-7)10-13-1-3-19-10/h7-9,15H,1-6H2. The number of ether oxygens (including phenoxy) is 3. The fraction of sp³-hybridized carbons (Fsp3) is 0.833. The zero-order chi connectivity index (χ0) is 13.6. The lowest BCUT2D eigenvalue weighted by Gasteiger charge is -2.12. The molecule has 8 heteroatoms. The van der Waals surface area contributed by atoms with E-state index in [1.54, 1.807) is 23.5 Å². The average Bonchev–Trinajstić information content (AvgIpc) is 3.20. The van der Waals surface area contributed by atoms with Crippen molar-refractivity contribution in [2.45, 2.75) is 24.1 Å². The molecule has 0 radical (unpaired) electrons. The fourth-order valence-electron chi connectivity index (χ4n) is 2.47. The van der Waals surface area contributed by atoms with Gasteiger partial charge in [-0.05, 0) is 0 Å². The molecule has 0 bridgehead atoms. The van der Waals surface area contributed by atoms with Crippen molar-refractivity contribution in [2.75, 3.05) is 37.8 Å². The lowest BCUT2D eigenvalue weighted by molar-refractivity contribution is 0.00117. The number of aliphatic hydroxyl groups excluding tert-OH is 1. The molecule has 0 spiro atoms. The molecular weight excluding hydrogens is 300 g/mol. The largest absolute Gasteiger partial charge is 0.393 e.